The molecule has 0 bridgehead atoms. The van der Waals surface area contributed by atoms with Gasteiger partial charge in [-0.1, -0.05) is 6.07 Å². The number of likely N-dealkylation sites (tertiary alicyclic amines) is 1. The van der Waals surface area contributed by atoms with Crippen LogP contribution in [-0.4, -0.2) is 60.6 Å². The zero-order chi connectivity index (χ0) is 25.2. The van der Waals surface area contributed by atoms with Gasteiger partial charge in [-0.25, -0.2) is 19.3 Å². The van der Waals surface area contributed by atoms with Gasteiger partial charge in [0.2, 0.25) is 11.8 Å². The summed E-state index contributed by atoms with van der Waals surface area (Å²) in [6.07, 6.45) is -0.646. The van der Waals surface area contributed by atoms with Crippen molar-refractivity contribution < 1.29 is 38.2 Å². The number of methoxy groups -OCH3 is 2. The molecule has 3 amide bonds. The van der Waals surface area contributed by atoms with Crippen LogP contribution in [0.4, 0.5) is 10.5 Å². The number of hydrogen-bond acceptors (Lipinski definition) is 8. The first-order valence-corrected chi connectivity index (χ1v) is 10.6. The maximum Gasteiger partial charge on any atom is 0.417 e. The summed E-state index contributed by atoms with van der Waals surface area (Å²) in [5.41, 5.74) is -0.374. The molecule has 0 aliphatic carbocycles. The molecule has 0 spiro atoms. The van der Waals surface area contributed by atoms with Crippen LogP contribution in [0.2, 0.25) is 0 Å². The lowest BCUT2D eigenvalue weighted by atomic mass is 10.00. The molecule has 10 heteroatoms. The fraction of sp³-hybridized carbons (Fsp3) is 0.375. The van der Waals surface area contributed by atoms with Crippen LogP contribution in [0, 0.1) is 0 Å². The first kappa shape index (κ1) is 24.7. The van der Waals surface area contributed by atoms with E-state index in [1.807, 2.05) is 0 Å². The summed E-state index contributed by atoms with van der Waals surface area (Å²) in [4.78, 5) is 62.8. The summed E-state index contributed by atoms with van der Waals surface area (Å²) in [5, 5.41) is 3.88. The van der Waals surface area contributed by atoms with Crippen LogP contribution >= 0.6 is 0 Å². The van der Waals surface area contributed by atoms with E-state index in [1.54, 1.807) is 39.0 Å². The number of nitrogens with zero attached hydrogens (tertiary/aromatic N) is 1. The van der Waals surface area contributed by atoms with Gasteiger partial charge >= 0.3 is 18.0 Å². The summed E-state index contributed by atoms with van der Waals surface area (Å²) >= 11 is 0. The molecule has 1 aliphatic heterocycles. The van der Waals surface area contributed by atoms with Gasteiger partial charge in [-0.05, 0) is 62.2 Å². The molecule has 34 heavy (non-hydrogen) atoms. The third kappa shape index (κ3) is 5.16. The highest BCUT2D eigenvalue weighted by atomic mass is 16.6. The largest absolute Gasteiger partial charge is 0.465 e. The number of esters is 2. The molecular weight excluding hydrogens is 444 g/mol. The predicted octanol–water partition coefficient (Wildman–Crippen LogP) is 3.28. The minimum Gasteiger partial charge on any atom is -0.465 e. The summed E-state index contributed by atoms with van der Waals surface area (Å²) in [6, 6.07) is 6.83. The number of amides is 3. The molecule has 1 N–H and O–H groups in total. The Bertz CT molecular complexity index is 1180. The van der Waals surface area contributed by atoms with Crippen molar-refractivity contribution in [2.45, 2.75) is 45.3 Å². The van der Waals surface area contributed by atoms with Crippen molar-refractivity contribution in [3.05, 3.63) is 41.5 Å². The molecular formula is C24H26N2O8. The Balaban J connectivity index is 1.88. The molecule has 0 saturated carbocycles. The number of rotatable bonds is 4. The monoisotopic (exact) mass is 470 g/mol. The van der Waals surface area contributed by atoms with Crippen LogP contribution in [0.25, 0.3) is 10.8 Å². The Labute approximate surface area is 196 Å². The molecule has 0 radical (unpaired) electrons. The van der Waals surface area contributed by atoms with Gasteiger partial charge in [0.15, 0.2) is 0 Å². The zero-order valence-corrected chi connectivity index (χ0v) is 19.6. The zero-order valence-electron chi connectivity index (χ0n) is 19.6. The fourth-order valence-electron chi connectivity index (χ4n) is 3.63. The van der Waals surface area contributed by atoms with E-state index in [9.17, 15) is 24.0 Å². The highest BCUT2D eigenvalue weighted by molar-refractivity contribution is 6.09. The first-order valence-electron chi connectivity index (χ1n) is 10.6. The minimum atomic E-state index is -1.01. The van der Waals surface area contributed by atoms with Gasteiger partial charge < -0.3 is 19.5 Å². The molecule has 1 atom stereocenters. The Kier molecular flexibility index (Phi) is 6.90. The van der Waals surface area contributed by atoms with E-state index in [4.69, 9.17) is 14.2 Å². The lowest BCUT2D eigenvalue weighted by Gasteiger charge is -2.26. The predicted molar refractivity (Wildman–Crippen MR) is 121 cm³/mol. The normalized spacial score (nSPS) is 15.7. The topological polar surface area (TPSA) is 128 Å². The molecule has 10 nitrogen and oxygen atoms in total. The molecule has 180 valence electrons. The summed E-state index contributed by atoms with van der Waals surface area (Å²) in [6.45, 7) is 5.01. The van der Waals surface area contributed by atoms with E-state index in [0.29, 0.717) is 16.5 Å². The second-order valence-electron chi connectivity index (χ2n) is 8.73. The Hall–Kier alpha value is -3.95. The third-order valence-electron chi connectivity index (χ3n) is 5.16. The van der Waals surface area contributed by atoms with Crippen molar-refractivity contribution in [1.82, 2.24) is 4.90 Å². The SMILES string of the molecule is COC(=O)c1cc2ccc(NC(=O)[C@H]3CCC(=O)N3C(=O)OC(C)(C)C)cc2cc1C(=O)OC. The number of ether oxygens (including phenoxy) is 3. The van der Waals surface area contributed by atoms with Gasteiger partial charge in [0, 0.05) is 12.1 Å². The van der Waals surface area contributed by atoms with Gasteiger partial charge in [0.05, 0.1) is 25.3 Å². The highest BCUT2D eigenvalue weighted by Gasteiger charge is 2.42. The number of anilines is 1. The van der Waals surface area contributed by atoms with Crippen molar-refractivity contribution in [2.24, 2.45) is 0 Å². The van der Waals surface area contributed by atoms with Crippen molar-refractivity contribution in [2.75, 3.05) is 19.5 Å². The molecule has 1 fully saturated rings. The van der Waals surface area contributed by atoms with E-state index >= 15 is 0 Å². The van der Waals surface area contributed by atoms with E-state index < -0.39 is 41.5 Å². The number of benzene rings is 2. The Morgan fingerprint density at radius 1 is 0.941 bits per heavy atom. The molecule has 1 saturated heterocycles. The Morgan fingerprint density at radius 2 is 1.53 bits per heavy atom. The highest BCUT2D eigenvalue weighted by Crippen LogP contribution is 2.27. The molecule has 1 heterocycles. The quantitative estimate of drug-likeness (QED) is 0.533. The Morgan fingerprint density at radius 3 is 2.09 bits per heavy atom. The average molecular weight is 470 g/mol. The van der Waals surface area contributed by atoms with E-state index in [0.717, 1.165) is 4.90 Å². The molecule has 2 aromatic carbocycles. The smallest absolute Gasteiger partial charge is 0.417 e. The van der Waals surface area contributed by atoms with Crippen LogP contribution in [0.15, 0.2) is 30.3 Å². The standard InChI is InChI=1S/C24H26N2O8/c1-24(2,3)34-23(31)26-18(8-9-19(26)27)20(28)25-15-7-6-13-11-16(21(29)32-4)17(22(30)33-5)12-14(13)10-15/h6-7,10-12,18H,8-9H2,1-5H3,(H,25,28)/t18-/m1/s1. The van der Waals surface area contributed by atoms with Crippen molar-refractivity contribution in [3.63, 3.8) is 0 Å². The van der Waals surface area contributed by atoms with Crippen LogP contribution in [0.3, 0.4) is 0 Å². The molecule has 0 unspecified atom stereocenters. The molecule has 0 aromatic heterocycles. The van der Waals surface area contributed by atoms with Gasteiger partial charge in [0.1, 0.15) is 11.6 Å². The number of fused-ring (bicyclic) bond motifs is 1. The number of nitrogens with one attached hydrogen (secondary N) is 1. The summed E-state index contributed by atoms with van der Waals surface area (Å²) in [5.74, 6) is -2.43. The lowest BCUT2D eigenvalue weighted by Crippen LogP contribution is -2.47. The fourth-order valence-corrected chi connectivity index (χ4v) is 3.63. The number of hydrogen-bond donors (Lipinski definition) is 1. The van der Waals surface area contributed by atoms with Crippen molar-refractivity contribution in [1.29, 1.82) is 0 Å². The maximum absolute atomic E-state index is 12.9. The van der Waals surface area contributed by atoms with Crippen LogP contribution in [-0.2, 0) is 23.8 Å². The second kappa shape index (κ2) is 9.50. The maximum atomic E-state index is 12.9. The van der Waals surface area contributed by atoms with E-state index in [1.165, 1.54) is 26.4 Å². The number of imide groups is 1. The third-order valence-corrected chi connectivity index (χ3v) is 5.16. The lowest BCUT2D eigenvalue weighted by molar-refractivity contribution is -0.132. The second-order valence-corrected chi connectivity index (χ2v) is 8.73. The van der Waals surface area contributed by atoms with Gasteiger partial charge in [-0.2, -0.15) is 0 Å². The molecule has 3 rings (SSSR count). The van der Waals surface area contributed by atoms with E-state index in [-0.39, 0.29) is 24.0 Å². The van der Waals surface area contributed by atoms with Crippen molar-refractivity contribution in [3.8, 4) is 0 Å². The molecule has 1 aliphatic rings. The number of carbonyl (C=O) groups excluding carboxylic acids is 5. The van der Waals surface area contributed by atoms with E-state index in [2.05, 4.69) is 5.32 Å². The van der Waals surface area contributed by atoms with Crippen LogP contribution in [0.5, 0.6) is 0 Å². The minimum absolute atomic E-state index is 0.0165. The van der Waals surface area contributed by atoms with Gasteiger partial charge in [-0.15, -0.1) is 0 Å². The molecule has 2 aromatic rings. The summed E-state index contributed by atoms with van der Waals surface area (Å²) in [7, 11) is 2.41. The van der Waals surface area contributed by atoms with Gasteiger partial charge in [0.25, 0.3) is 0 Å². The van der Waals surface area contributed by atoms with Gasteiger partial charge in [-0.3, -0.25) is 9.59 Å². The van der Waals surface area contributed by atoms with Crippen LogP contribution < -0.4 is 5.32 Å². The van der Waals surface area contributed by atoms with Crippen molar-refractivity contribution >= 4 is 46.3 Å². The average Bonchev–Trinajstić information content (AvgIpc) is 3.17. The van der Waals surface area contributed by atoms with Crippen LogP contribution in [0.1, 0.15) is 54.3 Å². The first-order chi connectivity index (χ1) is 15.9. The summed E-state index contributed by atoms with van der Waals surface area (Å²) < 4.78 is 14.8. The number of carbonyl (C=O) groups is 5.